The van der Waals surface area contributed by atoms with E-state index in [0.717, 1.165) is 18.9 Å². The highest BCUT2D eigenvalue weighted by molar-refractivity contribution is 5.93. The van der Waals surface area contributed by atoms with Crippen LogP contribution < -0.4 is 9.80 Å². The lowest BCUT2D eigenvalue weighted by Crippen LogP contribution is -2.47. The molecule has 1 aliphatic heterocycles. The van der Waals surface area contributed by atoms with Gasteiger partial charge >= 0.3 is 5.97 Å². The van der Waals surface area contributed by atoms with E-state index in [9.17, 15) is 9.90 Å². The molecule has 3 rings (SSSR count). The minimum absolute atomic E-state index is 0.191. The first-order chi connectivity index (χ1) is 10.3. The first-order valence-electron chi connectivity index (χ1n) is 6.71. The van der Waals surface area contributed by atoms with Gasteiger partial charge in [0, 0.05) is 32.4 Å². The second kappa shape index (κ2) is 5.74. The molecule has 2 aromatic heterocycles. The number of carboxylic acids is 1. The van der Waals surface area contributed by atoms with E-state index in [1.54, 1.807) is 6.20 Å². The fraction of sp³-hybridized carbons (Fsp3) is 0.286. The summed E-state index contributed by atoms with van der Waals surface area (Å²) in [5, 5.41) is 17.0. The quantitative estimate of drug-likeness (QED) is 0.897. The lowest BCUT2D eigenvalue weighted by molar-refractivity contribution is 0.0697. The van der Waals surface area contributed by atoms with Crippen molar-refractivity contribution < 1.29 is 9.90 Å². The molecule has 1 aliphatic rings. The first-order valence-corrected chi connectivity index (χ1v) is 6.71. The summed E-state index contributed by atoms with van der Waals surface area (Å²) in [5.74, 6) is 0.396. The maximum atomic E-state index is 11.2. The molecule has 7 heteroatoms. The molecule has 0 aliphatic carbocycles. The molecular weight excluding hydrogens is 270 g/mol. The third-order valence-corrected chi connectivity index (χ3v) is 3.48. The van der Waals surface area contributed by atoms with Gasteiger partial charge in [-0.2, -0.15) is 5.10 Å². The van der Waals surface area contributed by atoms with Gasteiger partial charge in [-0.1, -0.05) is 6.07 Å². The van der Waals surface area contributed by atoms with Gasteiger partial charge in [-0.15, -0.1) is 5.10 Å². The molecule has 1 N–H and O–H groups in total. The van der Waals surface area contributed by atoms with Crippen LogP contribution in [0.15, 0.2) is 36.7 Å². The van der Waals surface area contributed by atoms with Gasteiger partial charge in [-0.3, -0.25) is 0 Å². The van der Waals surface area contributed by atoms with Crippen molar-refractivity contribution in [2.24, 2.45) is 0 Å². The molecule has 1 fully saturated rings. The maximum absolute atomic E-state index is 11.2. The molecule has 0 aromatic carbocycles. The minimum Gasteiger partial charge on any atom is -0.478 e. The molecule has 21 heavy (non-hydrogen) atoms. The Morgan fingerprint density at radius 3 is 2.48 bits per heavy atom. The number of piperazine rings is 1. The Hall–Kier alpha value is -2.70. The number of pyridine rings is 1. The molecule has 3 heterocycles. The van der Waals surface area contributed by atoms with Crippen molar-refractivity contribution in [1.82, 2.24) is 15.2 Å². The predicted molar refractivity (Wildman–Crippen MR) is 77.7 cm³/mol. The summed E-state index contributed by atoms with van der Waals surface area (Å²) in [6.07, 6.45) is 3.17. The van der Waals surface area contributed by atoms with Crippen LogP contribution >= 0.6 is 0 Å². The number of anilines is 2. The van der Waals surface area contributed by atoms with Crippen LogP contribution in [0.3, 0.4) is 0 Å². The largest absolute Gasteiger partial charge is 0.478 e. The predicted octanol–water partition coefficient (Wildman–Crippen LogP) is 0.896. The van der Waals surface area contributed by atoms with Crippen molar-refractivity contribution in [1.29, 1.82) is 0 Å². The van der Waals surface area contributed by atoms with Crippen molar-refractivity contribution in [3.05, 3.63) is 42.2 Å². The van der Waals surface area contributed by atoms with E-state index in [-0.39, 0.29) is 5.56 Å². The van der Waals surface area contributed by atoms with Crippen molar-refractivity contribution in [2.75, 3.05) is 36.0 Å². The monoisotopic (exact) mass is 285 g/mol. The highest BCUT2D eigenvalue weighted by atomic mass is 16.4. The number of hydrogen-bond donors (Lipinski definition) is 1. The van der Waals surface area contributed by atoms with Crippen LogP contribution in [0.1, 0.15) is 10.4 Å². The van der Waals surface area contributed by atoms with Gasteiger partial charge < -0.3 is 14.9 Å². The highest BCUT2D eigenvalue weighted by Crippen LogP contribution is 2.20. The number of carboxylic acid groups (broad SMARTS) is 1. The van der Waals surface area contributed by atoms with E-state index in [0.29, 0.717) is 18.9 Å². The summed E-state index contributed by atoms with van der Waals surface area (Å²) >= 11 is 0. The summed E-state index contributed by atoms with van der Waals surface area (Å²) < 4.78 is 0. The molecule has 7 nitrogen and oxygen atoms in total. The molecule has 2 aromatic rings. The summed E-state index contributed by atoms with van der Waals surface area (Å²) in [6, 6.07) is 7.30. The normalized spacial score (nSPS) is 15.0. The average molecular weight is 285 g/mol. The summed E-state index contributed by atoms with van der Waals surface area (Å²) in [7, 11) is 0. The van der Waals surface area contributed by atoms with E-state index in [2.05, 4.69) is 20.1 Å². The molecule has 108 valence electrons. The van der Waals surface area contributed by atoms with E-state index in [4.69, 9.17) is 0 Å². The lowest BCUT2D eigenvalue weighted by Gasteiger charge is -2.36. The first kappa shape index (κ1) is 13.3. The third-order valence-electron chi connectivity index (χ3n) is 3.48. The Labute approximate surface area is 121 Å². The number of aromatic carboxylic acids is 1. The number of hydrogen-bond acceptors (Lipinski definition) is 6. The molecule has 0 atom stereocenters. The molecule has 0 unspecified atom stereocenters. The van der Waals surface area contributed by atoms with Gasteiger partial charge in [0.1, 0.15) is 11.4 Å². The molecule has 0 bridgehead atoms. The maximum Gasteiger partial charge on any atom is 0.339 e. The molecule has 0 spiro atoms. The zero-order valence-corrected chi connectivity index (χ0v) is 11.4. The van der Waals surface area contributed by atoms with Crippen LogP contribution in [0.2, 0.25) is 0 Å². The second-order valence-electron chi connectivity index (χ2n) is 4.74. The zero-order chi connectivity index (χ0) is 14.7. The van der Waals surface area contributed by atoms with Gasteiger partial charge in [0.2, 0.25) is 0 Å². The van der Waals surface area contributed by atoms with Crippen molar-refractivity contribution in [2.45, 2.75) is 0 Å². The number of aromatic nitrogens is 3. The van der Waals surface area contributed by atoms with Crippen LogP contribution in [0.4, 0.5) is 11.6 Å². The van der Waals surface area contributed by atoms with E-state index in [1.165, 1.54) is 12.3 Å². The van der Waals surface area contributed by atoms with Crippen molar-refractivity contribution >= 4 is 17.6 Å². The molecule has 1 saturated heterocycles. The van der Waals surface area contributed by atoms with Crippen molar-refractivity contribution in [3.8, 4) is 0 Å². The average Bonchev–Trinajstić information content (AvgIpc) is 2.56. The Balaban J connectivity index is 1.73. The standard InChI is InChI=1S/C14H15N5O2/c20-14(21)11-4-6-16-17-13(11)19-9-7-18(8-10-19)12-3-1-2-5-15-12/h1-6H,7-10H2,(H,20,21). The highest BCUT2D eigenvalue weighted by Gasteiger charge is 2.23. The van der Waals surface area contributed by atoms with Gasteiger partial charge in [-0.25, -0.2) is 9.78 Å². The van der Waals surface area contributed by atoms with Crippen LogP contribution in [0.5, 0.6) is 0 Å². The Kier molecular flexibility index (Phi) is 3.63. The fourth-order valence-electron chi connectivity index (χ4n) is 2.41. The van der Waals surface area contributed by atoms with Crippen molar-refractivity contribution in [3.63, 3.8) is 0 Å². The molecule has 0 saturated carbocycles. The van der Waals surface area contributed by atoms with Crippen LogP contribution in [-0.2, 0) is 0 Å². The van der Waals surface area contributed by atoms with Crippen LogP contribution in [0.25, 0.3) is 0 Å². The number of carbonyl (C=O) groups is 1. The van der Waals surface area contributed by atoms with Gasteiger partial charge in [0.15, 0.2) is 5.82 Å². The summed E-state index contributed by atoms with van der Waals surface area (Å²) in [5.41, 5.74) is 0.191. The zero-order valence-electron chi connectivity index (χ0n) is 11.4. The molecule has 0 radical (unpaired) electrons. The SMILES string of the molecule is O=C(O)c1ccnnc1N1CCN(c2ccccn2)CC1. The Morgan fingerprint density at radius 2 is 1.81 bits per heavy atom. The fourth-order valence-corrected chi connectivity index (χ4v) is 2.41. The van der Waals surface area contributed by atoms with Crippen LogP contribution in [0, 0.1) is 0 Å². The second-order valence-corrected chi connectivity index (χ2v) is 4.74. The number of nitrogens with zero attached hydrogens (tertiary/aromatic N) is 5. The summed E-state index contributed by atoms with van der Waals surface area (Å²) in [6.45, 7) is 2.92. The molecule has 0 amide bonds. The smallest absolute Gasteiger partial charge is 0.339 e. The number of rotatable bonds is 3. The Bertz CT molecular complexity index is 626. The Morgan fingerprint density at radius 1 is 1.05 bits per heavy atom. The van der Waals surface area contributed by atoms with E-state index >= 15 is 0 Å². The lowest BCUT2D eigenvalue weighted by atomic mass is 10.2. The van der Waals surface area contributed by atoms with Crippen LogP contribution in [-0.4, -0.2) is 52.4 Å². The van der Waals surface area contributed by atoms with Gasteiger partial charge in [-0.05, 0) is 18.2 Å². The third kappa shape index (κ3) is 2.76. The topological polar surface area (TPSA) is 82.4 Å². The summed E-state index contributed by atoms with van der Waals surface area (Å²) in [4.78, 5) is 19.7. The van der Waals surface area contributed by atoms with Gasteiger partial charge in [0.05, 0.1) is 6.20 Å². The minimum atomic E-state index is -0.980. The van der Waals surface area contributed by atoms with E-state index < -0.39 is 5.97 Å². The van der Waals surface area contributed by atoms with Gasteiger partial charge in [0.25, 0.3) is 0 Å². The van der Waals surface area contributed by atoms with E-state index in [1.807, 2.05) is 23.1 Å². The molecular formula is C14H15N5O2.